The topological polar surface area (TPSA) is 65.0 Å². The lowest BCUT2D eigenvalue weighted by atomic mass is 9.75. The van der Waals surface area contributed by atoms with Crippen molar-refractivity contribution in [3.05, 3.63) is 54.5 Å². The Morgan fingerprint density at radius 2 is 2.04 bits per heavy atom. The van der Waals surface area contributed by atoms with Gasteiger partial charge in [0.15, 0.2) is 0 Å². The Bertz CT molecular complexity index is 816. The Morgan fingerprint density at radius 1 is 1.17 bits per heavy atom. The standard InChI is InChI=1S/C19H22N4O/c24-13-19(11-15-5-2-1-3-6-15)8-4-10-23(12-19)18-16-7-9-20-17(16)21-14-22-18/h1-3,5-7,9,14,24H,4,8,10-13H2,(H,20,21,22). The van der Waals surface area contributed by atoms with Crippen LogP contribution in [0.3, 0.4) is 0 Å². The molecule has 4 rings (SSSR count). The van der Waals surface area contributed by atoms with E-state index in [0.29, 0.717) is 0 Å². The lowest BCUT2D eigenvalue weighted by Gasteiger charge is -2.42. The maximum absolute atomic E-state index is 10.2. The van der Waals surface area contributed by atoms with Crippen LogP contribution in [0.15, 0.2) is 48.9 Å². The maximum atomic E-state index is 10.2. The summed E-state index contributed by atoms with van der Waals surface area (Å²) in [5, 5.41) is 11.2. The largest absolute Gasteiger partial charge is 0.396 e. The molecule has 0 spiro atoms. The van der Waals surface area contributed by atoms with E-state index in [4.69, 9.17) is 0 Å². The van der Waals surface area contributed by atoms with E-state index >= 15 is 0 Å². The predicted octanol–water partition coefficient (Wildman–Crippen LogP) is 2.78. The summed E-state index contributed by atoms with van der Waals surface area (Å²) < 4.78 is 0. The molecular formula is C19H22N4O. The maximum Gasteiger partial charge on any atom is 0.142 e. The van der Waals surface area contributed by atoms with Crippen LogP contribution in [0.1, 0.15) is 18.4 Å². The number of aromatic amines is 1. The first kappa shape index (κ1) is 15.1. The van der Waals surface area contributed by atoms with Gasteiger partial charge in [0.05, 0.1) is 12.0 Å². The number of benzene rings is 1. The third kappa shape index (κ3) is 2.76. The third-order valence-corrected chi connectivity index (χ3v) is 5.05. The normalized spacial score (nSPS) is 21.3. The molecule has 1 aliphatic rings. The molecular weight excluding hydrogens is 300 g/mol. The van der Waals surface area contributed by atoms with E-state index in [9.17, 15) is 5.11 Å². The van der Waals surface area contributed by atoms with Crippen LogP contribution in [-0.2, 0) is 6.42 Å². The fourth-order valence-electron chi connectivity index (χ4n) is 3.86. The minimum atomic E-state index is -0.118. The molecule has 5 nitrogen and oxygen atoms in total. The number of nitrogens with one attached hydrogen (secondary N) is 1. The first-order valence-electron chi connectivity index (χ1n) is 8.48. The monoisotopic (exact) mass is 322 g/mol. The van der Waals surface area contributed by atoms with E-state index in [-0.39, 0.29) is 12.0 Å². The lowest BCUT2D eigenvalue weighted by Crippen LogP contribution is -2.47. The molecule has 0 radical (unpaired) electrons. The molecule has 0 saturated carbocycles. The Morgan fingerprint density at radius 3 is 2.88 bits per heavy atom. The zero-order valence-corrected chi connectivity index (χ0v) is 13.7. The summed E-state index contributed by atoms with van der Waals surface area (Å²) in [7, 11) is 0. The molecule has 1 fully saturated rings. The molecule has 24 heavy (non-hydrogen) atoms. The van der Waals surface area contributed by atoms with Crippen molar-refractivity contribution in [2.24, 2.45) is 5.41 Å². The van der Waals surface area contributed by atoms with Crippen molar-refractivity contribution in [3.8, 4) is 0 Å². The summed E-state index contributed by atoms with van der Waals surface area (Å²) in [6, 6.07) is 12.5. The highest BCUT2D eigenvalue weighted by atomic mass is 16.3. The molecule has 0 aliphatic carbocycles. The summed E-state index contributed by atoms with van der Waals surface area (Å²) in [6.45, 7) is 1.98. The summed E-state index contributed by atoms with van der Waals surface area (Å²) in [5.41, 5.74) is 2.03. The van der Waals surface area contributed by atoms with Crippen molar-refractivity contribution in [2.75, 3.05) is 24.6 Å². The van der Waals surface area contributed by atoms with Crippen LogP contribution in [0.2, 0.25) is 0 Å². The highest BCUT2D eigenvalue weighted by molar-refractivity contribution is 5.87. The number of hydrogen-bond donors (Lipinski definition) is 2. The minimum Gasteiger partial charge on any atom is -0.396 e. The smallest absolute Gasteiger partial charge is 0.142 e. The second-order valence-corrected chi connectivity index (χ2v) is 6.78. The van der Waals surface area contributed by atoms with Gasteiger partial charge in [0.1, 0.15) is 17.8 Å². The summed E-state index contributed by atoms with van der Waals surface area (Å²) in [6.07, 6.45) is 6.50. The van der Waals surface area contributed by atoms with E-state index in [1.807, 2.05) is 18.3 Å². The van der Waals surface area contributed by atoms with Gasteiger partial charge in [0.25, 0.3) is 0 Å². The number of piperidine rings is 1. The van der Waals surface area contributed by atoms with Crippen LogP contribution >= 0.6 is 0 Å². The van der Waals surface area contributed by atoms with E-state index in [2.05, 4.69) is 44.1 Å². The SMILES string of the molecule is OCC1(Cc2ccccc2)CCCN(c2ncnc3[nH]ccc23)C1. The lowest BCUT2D eigenvalue weighted by molar-refractivity contribution is 0.105. The van der Waals surface area contributed by atoms with E-state index < -0.39 is 0 Å². The van der Waals surface area contributed by atoms with Crippen LogP contribution in [-0.4, -0.2) is 39.8 Å². The van der Waals surface area contributed by atoms with E-state index in [0.717, 1.165) is 49.2 Å². The Kier molecular flexibility index (Phi) is 3.94. The molecule has 1 aromatic carbocycles. The number of aliphatic hydroxyl groups is 1. The van der Waals surface area contributed by atoms with Crippen molar-refractivity contribution in [2.45, 2.75) is 19.3 Å². The van der Waals surface area contributed by atoms with Crippen molar-refractivity contribution < 1.29 is 5.11 Å². The average Bonchev–Trinajstić information content (AvgIpc) is 3.11. The van der Waals surface area contributed by atoms with Crippen LogP contribution in [0, 0.1) is 5.41 Å². The molecule has 124 valence electrons. The predicted molar refractivity (Wildman–Crippen MR) is 95.0 cm³/mol. The van der Waals surface area contributed by atoms with E-state index in [1.54, 1.807) is 6.33 Å². The van der Waals surface area contributed by atoms with Crippen molar-refractivity contribution in [1.82, 2.24) is 15.0 Å². The molecule has 1 aliphatic heterocycles. The highest BCUT2D eigenvalue weighted by Crippen LogP contribution is 2.36. The van der Waals surface area contributed by atoms with Gasteiger partial charge in [-0.1, -0.05) is 30.3 Å². The van der Waals surface area contributed by atoms with Crippen molar-refractivity contribution in [3.63, 3.8) is 0 Å². The summed E-state index contributed by atoms with van der Waals surface area (Å²) >= 11 is 0. The highest BCUT2D eigenvalue weighted by Gasteiger charge is 2.36. The third-order valence-electron chi connectivity index (χ3n) is 5.05. The van der Waals surface area contributed by atoms with Crippen molar-refractivity contribution in [1.29, 1.82) is 0 Å². The minimum absolute atomic E-state index is 0.118. The van der Waals surface area contributed by atoms with Gasteiger partial charge < -0.3 is 15.0 Å². The molecule has 3 heterocycles. The van der Waals surface area contributed by atoms with Gasteiger partial charge in [-0.15, -0.1) is 0 Å². The molecule has 2 aromatic heterocycles. The van der Waals surface area contributed by atoms with Gasteiger partial charge in [-0.25, -0.2) is 9.97 Å². The zero-order valence-electron chi connectivity index (χ0n) is 13.7. The first-order chi connectivity index (χ1) is 11.8. The first-order valence-corrected chi connectivity index (χ1v) is 8.48. The quantitative estimate of drug-likeness (QED) is 0.775. The number of fused-ring (bicyclic) bond motifs is 1. The fourth-order valence-corrected chi connectivity index (χ4v) is 3.86. The molecule has 1 saturated heterocycles. The van der Waals surface area contributed by atoms with Gasteiger partial charge in [0.2, 0.25) is 0 Å². The van der Waals surface area contributed by atoms with Crippen LogP contribution < -0.4 is 4.90 Å². The molecule has 0 amide bonds. The Balaban J connectivity index is 1.63. The number of aromatic nitrogens is 3. The van der Waals surface area contributed by atoms with Gasteiger partial charge >= 0.3 is 0 Å². The van der Waals surface area contributed by atoms with Gasteiger partial charge in [0, 0.05) is 24.7 Å². The molecule has 3 aromatic rings. The zero-order chi connectivity index (χ0) is 16.4. The van der Waals surface area contributed by atoms with Gasteiger partial charge in [-0.05, 0) is 30.9 Å². The summed E-state index contributed by atoms with van der Waals surface area (Å²) in [4.78, 5) is 14.3. The number of rotatable bonds is 4. The molecule has 1 unspecified atom stereocenters. The molecule has 2 N–H and O–H groups in total. The number of anilines is 1. The molecule has 0 bridgehead atoms. The number of aliphatic hydroxyl groups excluding tert-OH is 1. The van der Waals surface area contributed by atoms with Gasteiger partial charge in [-0.3, -0.25) is 0 Å². The van der Waals surface area contributed by atoms with Crippen LogP contribution in [0.4, 0.5) is 5.82 Å². The Labute approximate surface area is 141 Å². The second kappa shape index (κ2) is 6.24. The van der Waals surface area contributed by atoms with Gasteiger partial charge in [-0.2, -0.15) is 0 Å². The van der Waals surface area contributed by atoms with Crippen LogP contribution in [0.5, 0.6) is 0 Å². The van der Waals surface area contributed by atoms with E-state index in [1.165, 1.54) is 5.56 Å². The molecule has 1 atom stereocenters. The Hall–Kier alpha value is -2.40. The molecule has 5 heteroatoms. The van der Waals surface area contributed by atoms with Crippen molar-refractivity contribution >= 4 is 16.9 Å². The average molecular weight is 322 g/mol. The fraction of sp³-hybridized carbons (Fsp3) is 0.368. The number of hydrogen-bond acceptors (Lipinski definition) is 4. The van der Waals surface area contributed by atoms with Crippen LogP contribution in [0.25, 0.3) is 11.0 Å². The number of H-pyrrole nitrogens is 1. The summed E-state index contributed by atoms with van der Waals surface area (Å²) in [5.74, 6) is 0.965. The number of nitrogens with zero attached hydrogens (tertiary/aromatic N) is 3. The second-order valence-electron chi connectivity index (χ2n) is 6.78.